The van der Waals surface area contributed by atoms with Crippen LogP contribution in [0.4, 0.5) is 23.7 Å². The van der Waals surface area contributed by atoms with Crippen molar-refractivity contribution < 1.29 is 22.7 Å². The van der Waals surface area contributed by atoms with Gasteiger partial charge in [-0.05, 0) is 54.5 Å². The van der Waals surface area contributed by atoms with Gasteiger partial charge in [0.2, 0.25) is 0 Å². The molecule has 0 bridgehead atoms. The fourth-order valence-corrected chi connectivity index (χ4v) is 3.15. The molecule has 172 valence electrons. The predicted molar refractivity (Wildman–Crippen MR) is 122 cm³/mol. The lowest BCUT2D eigenvalue weighted by atomic mass is 10.1. The number of nitrogens with zero attached hydrogens (tertiary/aromatic N) is 2. The molecule has 0 saturated heterocycles. The van der Waals surface area contributed by atoms with Crippen LogP contribution in [0.15, 0.2) is 51.9 Å². The molecule has 0 spiro atoms. The number of hydrogen-bond donors (Lipinski definition) is 3. The van der Waals surface area contributed by atoms with Crippen molar-refractivity contribution >= 4 is 39.1 Å². The third-order valence-corrected chi connectivity index (χ3v) is 5.13. The minimum absolute atomic E-state index is 0.0701. The molecule has 0 fully saturated rings. The van der Waals surface area contributed by atoms with Crippen LogP contribution < -0.4 is 21.6 Å². The number of ether oxygens (including phenoxy) is 1. The maximum Gasteiger partial charge on any atom is 0.432 e. The number of hydrogen-bond acceptors (Lipinski definition) is 5. The van der Waals surface area contributed by atoms with Gasteiger partial charge in [-0.1, -0.05) is 22.0 Å². The summed E-state index contributed by atoms with van der Waals surface area (Å²) in [7, 11) is 2.47. The van der Waals surface area contributed by atoms with Crippen LogP contribution in [0.25, 0.3) is 5.70 Å². The Kier molecular flexibility index (Phi) is 8.28. The second-order valence-electron chi connectivity index (χ2n) is 6.78. The van der Waals surface area contributed by atoms with Gasteiger partial charge in [-0.15, -0.1) is 0 Å². The lowest BCUT2D eigenvalue weighted by Crippen LogP contribution is -2.37. The normalized spacial score (nSPS) is 12.5. The van der Waals surface area contributed by atoms with Gasteiger partial charge in [0.1, 0.15) is 18.1 Å². The van der Waals surface area contributed by atoms with E-state index in [0.717, 1.165) is 22.6 Å². The van der Waals surface area contributed by atoms with E-state index in [0.29, 0.717) is 28.1 Å². The standard InChI is InChI=1S/C21H23BrF3N5O2/c1-12-9-13(16(26)10-19(28-2)21(23,24)25)7-8-18(12)32-11-14-15(22)5-4-6-17(14)29-20(31)30(3)27/h4-10H,11,26-27H2,1-3H3,(H,29,31). The maximum absolute atomic E-state index is 12.9. The highest BCUT2D eigenvalue weighted by atomic mass is 79.9. The average Bonchev–Trinajstić information content (AvgIpc) is 2.71. The lowest BCUT2D eigenvalue weighted by Gasteiger charge is -2.17. The minimum Gasteiger partial charge on any atom is -0.489 e. The van der Waals surface area contributed by atoms with Gasteiger partial charge in [0.05, 0.1) is 5.69 Å². The Labute approximate surface area is 192 Å². The molecule has 32 heavy (non-hydrogen) atoms. The summed E-state index contributed by atoms with van der Waals surface area (Å²) < 4.78 is 45.3. The van der Waals surface area contributed by atoms with Gasteiger partial charge in [0, 0.05) is 29.8 Å². The van der Waals surface area contributed by atoms with Crippen LogP contribution in [-0.4, -0.2) is 37.0 Å². The maximum atomic E-state index is 12.9. The Bertz CT molecular complexity index is 1050. The smallest absolute Gasteiger partial charge is 0.432 e. The molecular formula is C21H23BrF3N5O2. The van der Waals surface area contributed by atoms with Gasteiger partial charge in [-0.3, -0.25) is 10.0 Å². The van der Waals surface area contributed by atoms with Gasteiger partial charge in [-0.25, -0.2) is 10.6 Å². The van der Waals surface area contributed by atoms with Crippen LogP contribution in [0.2, 0.25) is 0 Å². The summed E-state index contributed by atoms with van der Waals surface area (Å²) in [5.41, 5.74) is 6.97. The highest BCUT2D eigenvalue weighted by molar-refractivity contribution is 9.10. The minimum atomic E-state index is -4.59. The highest BCUT2D eigenvalue weighted by Gasteiger charge is 2.33. The van der Waals surface area contributed by atoms with Gasteiger partial charge in [-0.2, -0.15) is 13.2 Å². The van der Waals surface area contributed by atoms with E-state index < -0.39 is 17.9 Å². The fraction of sp³-hybridized carbons (Fsp3) is 0.238. The summed E-state index contributed by atoms with van der Waals surface area (Å²) in [6.45, 7) is 1.86. The Morgan fingerprint density at radius 1 is 1.31 bits per heavy atom. The number of nitrogens with one attached hydrogen (secondary N) is 1. The number of nitrogens with two attached hydrogens (primary N) is 2. The molecule has 0 heterocycles. The topological polar surface area (TPSA) is 106 Å². The molecule has 2 aromatic carbocycles. The van der Waals surface area contributed by atoms with Crippen LogP contribution in [0.5, 0.6) is 5.75 Å². The molecule has 0 atom stereocenters. The number of rotatable bonds is 6. The first kappa shape index (κ1) is 25.2. The number of halogens is 4. The van der Waals surface area contributed by atoms with Crippen LogP contribution >= 0.6 is 15.9 Å². The average molecular weight is 514 g/mol. The number of alkyl halides is 3. The van der Waals surface area contributed by atoms with Crippen molar-refractivity contribution in [2.75, 3.05) is 19.4 Å². The quantitative estimate of drug-likeness (QED) is 0.227. The lowest BCUT2D eigenvalue weighted by molar-refractivity contribution is -0.0577. The Balaban J connectivity index is 2.22. The number of anilines is 1. The Morgan fingerprint density at radius 3 is 2.56 bits per heavy atom. The zero-order valence-corrected chi connectivity index (χ0v) is 19.2. The molecule has 0 unspecified atom stereocenters. The molecule has 0 aliphatic rings. The fourth-order valence-electron chi connectivity index (χ4n) is 2.67. The molecule has 5 N–H and O–H groups in total. The molecule has 0 radical (unpaired) electrons. The van der Waals surface area contributed by atoms with Crippen molar-refractivity contribution in [2.45, 2.75) is 19.7 Å². The first-order chi connectivity index (χ1) is 14.9. The zero-order valence-electron chi connectivity index (χ0n) is 17.6. The van der Waals surface area contributed by atoms with Crippen LogP contribution in [-0.2, 0) is 6.61 Å². The van der Waals surface area contributed by atoms with Crippen LogP contribution in [0.1, 0.15) is 16.7 Å². The Morgan fingerprint density at radius 2 is 2.00 bits per heavy atom. The highest BCUT2D eigenvalue weighted by Crippen LogP contribution is 2.29. The molecule has 7 nitrogen and oxygen atoms in total. The number of benzene rings is 2. The van der Waals surface area contributed by atoms with Crippen molar-refractivity contribution in [3.8, 4) is 5.75 Å². The van der Waals surface area contributed by atoms with E-state index in [1.807, 2.05) is 0 Å². The molecule has 11 heteroatoms. The van der Waals surface area contributed by atoms with Crippen molar-refractivity contribution in [1.29, 1.82) is 0 Å². The summed E-state index contributed by atoms with van der Waals surface area (Å²) >= 11 is 3.44. The number of carbonyl (C=O) groups is 1. The van der Waals surface area contributed by atoms with E-state index in [9.17, 15) is 18.0 Å². The number of carbonyl (C=O) groups excluding carboxylic acids is 1. The third kappa shape index (κ3) is 6.47. The van der Waals surface area contributed by atoms with Gasteiger partial charge < -0.3 is 15.8 Å². The number of allylic oxidation sites excluding steroid dienone is 1. The van der Waals surface area contributed by atoms with Gasteiger partial charge >= 0.3 is 12.2 Å². The first-order valence-corrected chi connectivity index (χ1v) is 10.0. The number of hydrazine groups is 1. The summed E-state index contributed by atoms with van der Waals surface area (Å²) in [6.07, 6.45) is -3.80. The summed E-state index contributed by atoms with van der Waals surface area (Å²) in [5.74, 6) is 5.96. The monoisotopic (exact) mass is 513 g/mol. The van der Waals surface area contributed by atoms with Crippen LogP contribution in [0.3, 0.4) is 0 Å². The summed E-state index contributed by atoms with van der Waals surface area (Å²) in [6, 6.07) is 9.56. The number of urea groups is 1. The SMILES string of the molecule is CN=C(C=C(N)c1ccc(OCc2c(Br)cccc2NC(=O)N(C)N)c(C)c1)C(F)(F)F. The van der Waals surface area contributed by atoms with Crippen molar-refractivity contribution in [2.24, 2.45) is 16.6 Å². The van der Waals surface area contributed by atoms with E-state index in [1.165, 1.54) is 7.05 Å². The summed E-state index contributed by atoms with van der Waals surface area (Å²) in [4.78, 5) is 15.1. The van der Waals surface area contributed by atoms with E-state index in [4.69, 9.17) is 16.3 Å². The van der Waals surface area contributed by atoms with E-state index in [2.05, 4.69) is 26.2 Å². The Hall–Kier alpha value is -3.05. The third-order valence-electron chi connectivity index (χ3n) is 4.38. The number of amides is 2. The molecule has 2 amide bonds. The first-order valence-electron chi connectivity index (χ1n) is 9.25. The molecular weight excluding hydrogens is 491 g/mol. The number of aryl methyl sites for hydroxylation is 1. The molecule has 2 rings (SSSR count). The largest absolute Gasteiger partial charge is 0.489 e. The van der Waals surface area contributed by atoms with Crippen molar-refractivity contribution in [3.05, 3.63) is 63.6 Å². The van der Waals surface area contributed by atoms with Gasteiger partial charge in [0.15, 0.2) is 0 Å². The second kappa shape index (κ2) is 10.5. The summed E-state index contributed by atoms with van der Waals surface area (Å²) in [5, 5.41) is 3.60. The molecule has 0 saturated carbocycles. The number of aliphatic imine (C=N–C) groups is 1. The van der Waals surface area contributed by atoms with E-state index >= 15 is 0 Å². The van der Waals surface area contributed by atoms with E-state index in [-0.39, 0.29) is 12.3 Å². The van der Waals surface area contributed by atoms with Crippen LogP contribution in [0, 0.1) is 6.92 Å². The molecule has 0 aliphatic heterocycles. The van der Waals surface area contributed by atoms with Gasteiger partial charge in [0.25, 0.3) is 0 Å². The second-order valence-corrected chi connectivity index (χ2v) is 7.64. The van der Waals surface area contributed by atoms with Crippen molar-refractivity contribution in [1.82, 2.24) is 5.01 Å². The molecule has 0 aromatic heterocycles. The van der Waals surface area contributed by atoms with E-state index in [1.54, 1.807) is 43.3 Å². The molecule has 0 aliphatic carbocycles. The predicted octanol–water partition coefficient (Wildman–Crippen LogP) is 4.61. The zero-order chi connectivity index (χ0) is 24.1. The van der Waals surface area contributed by atoms with Crippen molar-refractivity contribution in [3.63, 3.8) is 0 Å². The molecule has 2 aromatic rings.